The van der Waals surface area contributed by atoms with Gasteiger partial charge in [0.05, 0.1) is 5.02 Å². The van der Waals surface area contributed by atoms with Gasteiger partial charge in [0, 0.05) is 12.6 Å². The van der Waals surface area contributed by atoms with Crippen molar-refractivity contribution >= 4 is 17.5 Å². The fourth-order valence-corrected chi connectivity index (χ4v) is 1.53. The zero-order valence-electron chi connectivity index (χ0n) is 10.9. The summed E-state index contributed by atoms with van der Waals surface area (Å²) in [5, 5.41) is 3.24. The summed E-state index contributed by atoms with van der Waals surface area (Å²) in [6, 6.07) is 5.37. The zero-order valence-corrected chi connectivity index (χ0v) is 11.6. The molecule has 1 aromatic carbocycles. The molecule has 1 amide bonds. The summed E-state index contributed by atoms with van der Waals surface area (Å²) in [5.74, 6) is 0.310. The van der Waals surface area contributed by atoms with Gasteiger partial charge in [0.2, 0.25) is 0 Å². The van der Waals surface area contributed by atoms with Crippen molar-refractivity contribution in [3.8, 4) is 5.75 Å². The quantitative estimate of drug-likeness (QED) is 0.859. The third kappa shape index (κ3) is 4.20. The molecule has 0 aliphatic rings. The molecular weight excluding hydrogens is 252 g/mol. The Morgan fingerprint density at radius 1 is 1.50 bits per heavy atom. The normalized spacial score (nSPS) is 13.8. The molecule has 0 aliphatic carbocycles. The van der Waals surface area contributed by atoms with Gasteiger partial charge in [0.15, 0.2) is 6.10 Å². The molecule has 0 spiro atoms. The lowest BCUT2D eigenvalue weighted by atomic mass is 10.2. The van der Waals surface area contributed by atoms with Gasteiger partial charge in [-0.1, -0.05) is 17.7 Å². The van der Waals surface area contributed by atoms with Crippen molar-refractivity contribution in [1.29, 1.82) is 0 Å². The van der Waals surface area contributed by atoms with E-state index in [0.29, 0.717) is 17.3 Å². The van der Waals surface area contributed by atoms with Crippen molar-refractivity contribution in [3.63, 3.8) is 0 Å². The van der Waals surface area contributed by atoms with Gasteiger partial charge < -0.3 is 15.8 Å². The summed E-state index contributed by atoms with van der Waals surface area (Å²) in [6.07, 6.45) is -0.613. The minimum Gasteiger partial charge on any atom is -0.479 e. The van der Waals surface area contributed by atoms with Gasteiger partial charge in [0.1, 0.15) is 5.75 Å². The van der Waals surface area contributed by atoms with E-state index in [1.807, 2.05) is 19.9 Å². The molecule has 0 heterocycles. The van der Waals surface area contributed by atoms with Gasteiger partial charge in [-0.3, -0.25) is 4.79 Å². The highest BCUT2D eigenvalue weighted by Crippen LogP contribution is 2.26. The van der Waals surface area contributed by atoms with Crippen molar-refractivity contribution in [1.82, 2.24) is 5.32 Å². The number of ether oxygens (including phenoxy) is 1. The monoisotopic (exact) mass is 270 g/mol. The first kappa shape index (κ1) is 14.8. The molecular formula is C13H19ClN2O2. The number of aryl methyl sites for hydroxylation is 1. The number of halogens is 1. The van der Waals surface area contributed by atoms with Crippen LogP contribution in [0.2, 0.25) is 5.02 Å². The van der Waals surface area contributed by atoms with Crippen LogP contribution in [-0.2, 0) is 4.79 Å². The van der Waals surface area contributed by atoms with E-state index in [4.69, 9.17) is 22.1 Å². The van der Waals surface area contributed by atoms with E-state index in [0.717, 1.165) is 5.56 Å². The number of benzene rings is 1. The van der Waals surface area contributed by atoms with Gasteiger partial charge in [-0.25, -0.2) is 0 Å². The second kappa shape index (κ2) is 6.61. The summed E-state index contributed by atoms with van der Waals surface area (Å²) in [5.41, 5.74) is 6.47. The first-order valence-electron chi connectivity index (χ1n) is 5.87. The van der Waals surface area contributed by atoms with Gasteiger partial charge in [-0.2, -0.15) is 0 Å². The standard InChI is InChI=1S/C13H19ClN2O2/c1-8-4-5-11(14)12(6-8)18-10(3)13(17)16-9(2)7-15/h4-6,9-10H,7,15H2,1-3H3,(H,16,17)/t9-,10?/m0/s1. The summed E-state index contributed by atoms with van der Waals surface area (Å²) in [6.45, 7) is 5.84. The summed E-state index contributed by atoms with van der Waals surface area (Å²) in [7, 11) is 0. The Labute approximate surface area is 112 Å². The van der Waals surface area contributed by atoms with E-state index in [1.54, 1.807) is 19.1 Å². The van der Waals surface area contributed by atoms with Gasteiger partial charge in [-0.05, 0) is 38.5 Å². The van der Waals surface area contributed by atoms with E-state index >= 15 is 0 Å². The summed E-state index contributed by atoms with van der Waals surface area (Å²) < 4.78 is 5.55. The Morgan fingerprint density at radius 2 is 2.17 bits per heavy atom. The van der Waals surface area contributed by atoms with Crippen LogP contribution in [0.5, 0.6) is 5.75 Å². The Morgan fingerprint density at radius 3 is 2.78 bits per heavy atom. The number of hydrogen-bond donors (Lipinski definition) is 2. The Kier molecular flexibility index (Phi) is 5.44. The highest BCUT2D eigenvalue weighted by Gasteiger charge is 2.17. The van der Waals surface area contributed by atoms with E-state index in [9.17, 15) is 4.79 Å². The fraction of sp³-hybridized carbons (Fsp3) is 0.462. The predicted octanol–water partition coefficient (Wildman–Crippen LogP) is 1.88. The summed E-state index contributed by atoms with van der Waals surface area (Å²) >= 11 is 6.00. The Hall–Kier alpha value is -1.26. The number of amides is 1. The average molecular weight is 271 g/mol. The molecule has 0 fully saturated rings. The maximum absolute atomic E-state index is 11.8. The smallest absolute Gasteiger partial charge is 0.261 e. The molecule has 0 aromatic heterocycles. The SMILES string of the molecule is Cc1ccc(Cl)c(OC(C)C(=O)N[C@@H](C)CN)c1. The second-order valence-corrected chi connectivity index (χ2v) is 4.75. The van der Waals surface area contributed by atoms with E-state index in [-0.39, 0.29) is 11.9 Å². The van der Waals surface area contributed by atoms with Crippen molar-refractivity contribution in [2.45, 2.75) is 32.9 Å². The number of rotatable bonds is 5. The first-order chi connectivity index (χ1) is 8.43. The molecule has 100 valence electrons. The van der Waals surface area contributed by atoms with Crippen LogP contribution in [0.3, 0.4) is 0 Å². The highest BCUT2D eigenvalue weighted by molar-refractivity contribution is 6.32. The first-order valence-corrected chi connectivity index (χ1v) is 6.25. The molecule has 3 N–H and O–H groups in total. The maximum Gasteiger partial charge on any atom is 0.261 e. The number of carbonyl (C=O) groups is 1. The number of hydrogen-bond acceptors (Lipinski definition) is 3. The molecule has 1 rings (SSSR count). The van der Waals surface area contributed by atoms with Crippen LogP contribution in [0.25, 0.3) is 0 Å². The lowest BCUT2D eigenvalue weighted by Crippen LogP contribution is -2.44. The van der Waals surface area contributed by atoms with Crippen LogP contribution >= 0.6 is 11.6 Å². The molecule has 1 aromatic rings. The second-order valence-electron chi connectivity index (χ2n) is 4.34. The third-order valence-corrected chi connectivity index (χ3v) is 2.81. The van der Waals surface area contributed by atoms with Crippen LogP contribution in [0.1, 0.15) is 19.4 Å². The zero-order chi connectivity index (χ0) is 13.7. The minimum absolute atomic E-state index is 0.0727. The Bertz CT molecular complexity index is 423. The number of nitrogens with two attached hydrogens (primary N) is 1. The molecule has 0 saturated heterocycles. The molecule has 0 aliphatic heterocycles. The van der Waals surface area contributed by atoms with E-state index in [2.05, 4.69) is 5.32 Å². The van der Waals surface area contributed by atoms with Gasteiger partial charge in [0.25, 0.3) is 5.91 Å². The lowest BCUT2D eigenvalue weighted by molar-refractivity contribution is -0.127. The molecule has 1 unspecified atom stereocenters. The van der Waals surface area contributed by atoms with E-state index in [1.165, 1.54) is 0 Å². The van der Waals surface area contributed by atoms with Crippen LogP contribution in [0.4, 0.5) is 0 Å². The van der Waals surface area contributed by atoms with Gasteiger partial charge in [-0.15, -0.1) is 0 Å². The van der Waals surface area contributed by atoms with Gasteiger partial charge >= 0.3 is 0 Å². The molecule has 0 radical (unpaired) electrons. The van der Waals surface area contributed by atoms with Crippen LogP contribution in [-0.4, -0.2) is 24.6 Å². The lowest BCUT2D eigenvalue weighted by Gasteiger charge is -2.18. The van der Waals surface area contributed by atoms with Crippen LogP contribution in [0, 0.1) is 6.92 Å². The van der Waals surface area contributed by atoms with E-state index < -0.39 is 6.10 Å². The Balaban J connectivity index is 2.66. The minimum atomic E-state index is -0.613. The molecule has 4 nitrogen and oxygen atoms in total. The third-order valence-electron chi connectivity index (χ3n) is 2.50. The molecule has 0 bridgehead atoms. The van der Waals surface area contributed by atoms with Crippen molar-refractivity contribution < 1.29 is 9.53 Å². The number of nitrogens with one attached hydrogen (secondary N) is 1. The molecule has 0 saturated carbocycles. The predicted molar refractivity (Wildman–Crippen MR) is 72.9 cm³/mol. The van der Waals surface area contributed by atoms with Crippen LogP contribution < -0.4 is 15.8 Å². The topological polar surface area (TPSA) is 64.3 Å². The fourth-order valence-electron chi connectivity index (χ4n) is 1.36. The maximum atomic E-state index is 11.8. The summed E-state index contributed by atoms with van der Waals surface area (Å²) in [4.78, 5) is 11.8. The van der Waals surface area contributed by atoms with Crippen molar-refractivity contribution in [2.75, 3.05) is 6.54 Å². The number of carbonyl (C=O) groups excluding carboxylic acids is 1. The highest BCUT2D eigenvalue weighted by atomic mass is 35.5. The average Bonchev–Trinajstić information content (AvgIpc) is 2.33. The van der Waals surface area contributed by atoms with Crippen molar-refractivity contribution in [2.24, 2.45) is 5.73 Å². The largest absolute Gasteiger partial charge is 0.479 e. The van der Waals surface area contributed by atoms with Crippen LogP contribution in [0.15, 0.2) is 18.2 Å². The molecule has 5 heteroatoms. The molecule has 2 atom stereocenters. The molecule has 18 heavy (non-hydrogen) atoms. The van der Waals surface area contributed by atoms with Crippen molar-refractivity contribution in [3.05, 3.63) is 28.8 Å².